The van der Waals surface area contributed by atoms with E-state index in [1.807, 2.05) is 121 Å². The van der Waals surface area contributed by atoms with Gasteiger partial charge in [-0.15, -0.1) is 0 Å². The van der Waals surface area contributed by atoms with E-state index in [4.69, 9.17) is 4.74 Å². The Labute approximate surface area is 226 Å². The van der Waals surface area contributed by atoms with E-state index in [-0.39, 0.29) is 17.6 Å². The van der Waals surface area contributed by atoms with E-state index in [1.165, 1.54) is 11.4 Å². The molecule has 1 saturated heterocycles. The predicted molar refractivity (Wildman–Crippen MR) is 152 cm³/mol. The van der Waals surface area contributed by atoms with Gasteiger partial charge >= 0.3 is 5.97 Å². The highest BCUT2D eigenvalue weighted by Gasteiger charge is 2.42. The summed E-state index contributed by atoms with van der Waals surface area (Å²) in [6, 6.07) is 37.6. The Morgan fingerprint density at radius 2 is 1.16 bits per heavy atom. The van der Waals surface area contributed by atoms with Gasteiger partial charge in [-0.2, -0.15) is 0 Å². The molecule has 1 N–H and O–H groups in total. The topological polar surface area (TPSA) is 72.5 Å². The summed E-state index contributed by atoms with van der Waals surface area (Å²) in [5.41, 5.74) is 3.63. The minimum absolute atomic E-state index is 0.0364. The quantitative estimate of drug-likeness (QED) is 0.201. The van der Waals surface area contributed by atoms with Crippen molar-refractivity contribution < 1.29 is 18.9 Å². The van der Waals surface area contributed by atoms with Crippen LogP contribution in [0.15, 0.2) is 121 Å². The zero-order valence-corrected chi connectivity index (χ0v) is 22.4. The number of carbonyl (C=O) groups excluding carboxylic acids is 2. The molecular formula is C31H28NO4PS. The van der Waals surface area contributed by atoms with Crippen LogP contribution in [0.3, 0.4) is 0 Å². The van der Waals surface area contributed by atoms with Gasteiger partial charge in [0.15, 0.2) is 12.4 Å². The largest absolute Gasteiger partial charge is 0.451 e. The van der Waals surface area contributed by atoms with Crippen LogP contribution in [0.25, 0.3) is 0 Å². The molecule has 38 heavy (non-hydrogen) atoms. The van der Waals surface area contributed by atoms with Crippen LogP contribution in [-0.2, 0) is 18.9 Å². The van der Waals surface area contributed by atoms with Gasteiger partial charge in [0, 0.05) is 6.16 Å². The summed E-state index contributed by atoms with van der Waals surface area (Å²) in [6.45, 7) is 0. The van der Waals surface area contributed by atoms with Crippen LogP contribution < -0.4 is 5.32 Å². The normalized spacial score (nSPS) is 19.2. The van der Waals surface area contributed by atoms with Gasteiger partial charge in [-0.1, -0.05) is 133 Å². The van der Waals surface area contributed by atoms with Crippen molar-refractivity contribution in [2.45, 2.75) is 17.4 Å². The van der Waals surface area contributed by atoms with Crippen LogP contribution in [-0.4, -0.2) is 30.2 Å². The number of carbonyl (C=O) groups is 2. The number of nitrogens with one attached hydrogen (secondary N) is 1. The Hall–Kier alpha value is -3.60. The van der Waals surface area contributed by atoms with Crippen LogP contribution in [0.5, 0.6) is 0 Å². The number of amides is 1. The van der Waals surface area contributed by atoms with Crippen molar-refractivity contribution in [2.24, 2.45) is 0 Å². The average Bonchev–Trinajstić information content (AvgIpc) is 2.96. The lowest BCUT2D eigenvalue weighted by Crippen LogP contribution is -2.49. The maximum atomic E-state index is 14.2. The van der Waals surface area contributed by atoms with Gasteiger partial charge in [-0.3, -0.25) is 4.79 Å². The smallest absolute Gasteiger partial charge is 0.330 e. The van der Waals surface area contributed by atoms with Crippen molar-refractivity contribution in [3.8, 4) is 0 Å². The molecule has 0 unspecified atom stereocenters. The van der Waals surface area contributed by atoms with E-state index in [0.29, 0.717) is 0 Å². The van der Waals surface area contributed by atoms with Crippen molar-refractivity contribution in [2.75, 3.05) is 12.3 Å². The maximum Gasteiger partial charge on any atom is 0.330 e. The van der Waals surface area contributed by atoms with Gasteiger partial charge in [0.25, 0.3) is 0 Å². The van der Waals surface area contributed by atoms with E-state index >= 15 is 0 Å². The first-order chi connectivity index (χ1) is 18.5. The molecule has 0 saturated carbocycles. The number of ether oxygens (including phenoxy) is 1. The molecule has 0 aliphatic carbocycles. The molecule has 7 heteroatoms. The number of rotatable bonds is 8. The lowest BCUT2D eigenvalue weighted by Gasteiger charge is -2.32. The first-order valence-corrected chi connectivity index (χ1v) is 16.0. The van der Waals surface area contributed by atoms with Gasteiger partial charge in [-0.25, -0.2) is 4.79 Å². The molecule has 1 aliphatic heterocycles. The third-order valence-electron chi connectivity index (χ3n) is 6.41. The van der Waals surface area contributed by atoms with Crippen molar-refractivity contribution >= 4 is 29.6 Å². The lowest BCUT2D eigenvalue weighted by molar-refractivity contribution is -0.151. The first-order valence-electron chi connectivity index (χ1n) is 12.5. The molecule has 0 radical (unpaired) electrons. The molecule has 0 bridgehead atoms. The van der Waals surface area contributed by atoms with E-state index in [1.54, 1.807) is 0 Å². The highest BCUT2D eigenvalue weighted by Crippen LogP contribution is 2.66. The SMILES string of the molecule is O=C1C[P@](=O)(SC(c2ccccc2)c2ccccc2)C[C@@H](C(=O)OC(c2ccccc2)c2ccccc2)N1. The molecule has 1 aliphatic rings. The zero-order valence-electron chi connectivity index (χ0n) is 20.7. The van der Waals surface area contributed by atoms with E-state index in [9.17, 15) is 14.2 Å². The highest BCUT2D eigenvalue weighted by molar-refractivity contribution is 8.58. The van der Waals surface area contributed by atoms with Gasteiger partial charge in [0.05, 0.1) is 11.4 Å². The number of benzene rings is 4. The van der Waals surface area contributed by atoms with Crippen LogP contribution in [0, 0.1) is 0 Å². The fraction of sp³-hybridized carbons (Fsp3) is 0.161. The zero-order chi connectivity index (χ0) is 26.4. The van der Waals surface area contributed by atoms with Crippen LogP contribution in [0.1, 0.15) is 33.6 Å². The van der Waals surface area contributed by atoms with Crippen molar-refractivity contribution in [1.29, 1.82) is 0 Å². The highest BCUT2D eigenvalue weighted by atomic mass is 32.7. The predicted octanol–water partition coefficient (Wildman–Crippen LogP) is 6.62. The molecule has 4 aromatic rings. The molecule has 5 nitrogen and oxygen atoms in total. The molecule has 1 amide bonds. The minimum Gasteiger partial charge on any atom is -0.451 e. The van der Waals surface area contributed by atoms with Gasteiger partial charge < -0.3 is 14.6 Å². The molecule has 5 rings (SSSR count). The summed E-state index contributed by atoms with van der Waals surface area (Å²) in [5, 5.41) is 2.50. The second kappa shape index (κ2) is 11.8. The van der Waals surface area contributed by atoms with E-state index in [2.05, 4.69) is 5.32 Å². The summed E-state index contributed by atoms with van der Waals surface area (Å²) >= 11 is 1.30. The number of hydrogen-bond acceptors (Lipinski definition) is 5. The summed E-state index contributed by atoms with van der Waals surface area (Å²) in [6.07, 6.45) is -3.87. The molecule has 192 valence electrons. The number of esters is 1. The van der Waals surface area contributed by atoms with Gasteiger partial charge in [0.1, 0.15) is 6.04 Å². The Bertz CT molecular complexity index is 1340. The molecule has 1 heterocycles. The summed E-state index contributed by atoms with van der Waals surface area (Å²) in [5.74, 6) is -0.988. The Kier molecular flexibility index (Phi) is 8.11. The molecule has 1 fully saturated rings. The number of hydrogen-bond donors (Lipinski definition) is 1. The van der Waals surface area contributed by atoms with Crippen LogP contribution >= 0.6 is 17.7 Å². The molecule has 4 aromatic carbocycles. The second-order valence-corrected chi connectivity index (χ2v) is 14.8. The molecule has 0 spiro atoms. The Morgan fingerprint density at radius 1 is 0.737 bits per heavy atom. The summed E-state index contributed by atoms with van der Waals surface area (Å²) in [4.78, 5) is 26.2. The summed E-state index contributed by atoms with van der Waals surface area (Å²) < 4.78 is 20.2. The molecule has 0 aromatic heterocycles. The third-order valence-corrected chi connectivity index (χ3v) is 11.9. The fourth-order valence-corrected chi connectivity index (χ4v) is 10.3. The van der Waals surface area contributed by atoms with E-state index < -0.39 is 30.4 Å². The second-order valence-electron chi connectivity index (χ2n) is 9.22. The molecular weight excluding hydrogens is 513 g/mol. The molecule has 2 atom stereocenters. The van der Waals surface area contributed by atoms with Crippen molar-refractivity contribution in [3.63, 3.8) is 0 Å². The Balaban J connectivity index is 1.39. The lowest BCUT2D eigenvalue weighted by atomic mass is 10.0. The van der Waals surface area contributed by atoms with E-state index in [0.717, 1.165) is 22.3 Å². The summed E-state index contributed by atoms with van der Waals surface area (Å²) in [7, 11) is 0. The monoisotopic (exact) mass is 541 g/mol. The van der Waals surface area contributed by atoms with Crippen LogP contribution in [0.2, 0.25) is 0 Å². The van der Waals surface area contributed by atoms with Crippen molar-refractivity contribution in [3.05, 3.63) is 144 Å². The van der Waals surface area contributed by atoms with Crippen molar-refractivity contribution in [1.82, 2.24) is 5.32 Å². The van der Waals surface area contributed by atoms with Crippen LogP contribution in [0.4, 0.5) is 0 Å². The van der Waals surface area contributed by atoms with Gasteiger partial charge in [0.2, 0.25) is 5.91 Å². The minimum atomic E-state index is -3.15. The fourth-order valence-electron chi connectivity index (χ4n) is 4.61. The third kappa shape index (κ3) is 6.27. The standard InChI is InChI=1S/C31H28NO4PS/c33-28-22-37(35,38-30(25-17-9-3-10-18-25)26-19-11-4-12-20-26)21-27(32-28)31(34)36-29(23-13-5-1-6-14-23)24-15-7-2-8-16-24/h1-20,27,29-30H,21-22H2,(H,32,33)/t27-,37+/m0/s1. The maximum absolute atomic E-state index is 14.2. The first kappa shape index (κ1) is 26.0. The Morgan fingerprint density at radius 3 is 1.61 bits per heavy atom. The van der Waals surface area contributed by atoms with Gasteiger partial charge in [-0.05, 0) is 22.3 Å². The average molecular weight is 542 g/mol.